The van der Waals surface area contributed by atoms with Crippen molar-refractivity contribution in [2.24, 2.45) is 15.9 Å². The Balaban J connectivity index is 1.17. The normalized spacial score (nSPS) is 15.6. The number of aromatic nitrogens is 1. The number of aliphatic imine (C=N–C) groups is 2. The first-order valence-corrected chi connectivity index (χ1v) is 21.0. The summed E-state index contributed by atoms with van der Waals surface area (Å²) in [4.78, 5) is 10.8. The van der Waals surface area contributed by atoms with E-state index in [0.29, 0.717) is 0 Å². The third kappa shape index (κ3) is 5.63. The van der Waals surface area contributed by atoms with Gasteiger partial charge in [0, 0.05) is 53.6 Å². The molecule has 0 saturated carbocycles. The number of amidine groups is 1. The van der Waals surface area contributed by atoms with Crippen LogP contribution in [0.1, 0.15) is 36.1 Å². The molecule has 0 N–H and O–H groups in total. The predicted octanol–water partition coefficient (Wildman–Crippen LogP) is 14.5. The van der Waals surface area contributed by atoms with Crippen LogP contribution in [0, 0.1) is 5.92 Å². The van der Waals surface area contributed by atoms with Crippen LogP contribution in [0.2, 0.25) is 0 Å². The van der Waals surface area contributed by atoms with Gasteiger partial charge < -0.3 is 4.57 Å². The van der Waals surface area contributed by atoms with Gasteiger partial charge >= 0.3 is 0 Å². The average Bonchev–Trinajstić information content (AvgIpc) is 3.85. The average molecular weight is 762 g/mol. The van der Waals surface area contributed by atoms with E-state index in [4.69, 9.17) is 9.98 Å². The molecule has 0 spiro atoms. The summed E-state index contributed by atoms with van der Waals surface area (Å²) >= 11 is 1.87. The number of hydrogen-bond donors (Lipinski definition) is 0. The van der Waals surface area contributed by atoms with E-state index < -0.39 is 0 Å². The van der Waals surface area contributed by atoms with Crippen molar-refractivity contribution in [2.45, 2.75) is 19.4 Å². The van der Waals surface area contributed by atoms with Crippen molar-refractivity contribution in [3.05, 3.63) is 211 Å². The summed E-state index contributed by atoms with van der Waals surface area (Å²) in [5.41, 5.74) is 12.8. The quantitative estimate of drug-likeness (QED) is 0.155. The van der Waals surface area contributed by atoms with Gasteiger partial charge in [-0.25, -0.2) is 4.99 Å². The van der Waals surface area contributed by atoms with Crippen LogP contribution in [0.3, 0.4) is 0 Å². The standard InChI is InChI=1S/C54H39N3S/c1-2-39-51(36-20-8-4-9-21-36)55-54(37-22-10-5-11-23-37)56-52(39)38-32-33-47(45(34-38)35-18-6-3-7-19-35)57-46-29-14-12-24-40(46)42-27-16-28-43(53(42)57)41-26-17-31-49-50(41)44-25-13-15-30-48(44)58-49/h3-34,39,52H,2H2,1H3. The van der Waals surface area contributed by atoms with Gasteiger partial charge in [0.15, 0.2) is 5.84 Å². The second-order valence-electron chi connectivity index (χ2n) is 15.1. The van der Waals surface area contributed by atoms with Crippen molar-refractivity contribution in [1.82, 2.24) is 4.57 Å². The molecule has 8 aromatic carbocycles. The van der Waals surface area contributed by atoms with Gasteiger partial charge in [0.1, 0.15) is 0 Å². The van der Waals surface area contributed by atoms with Crippen LogP contribution in [0.15, 0.2) is 204 Å². The molecule has 2 aromatic heterocycles. The number of hydrogen-bond acceptors (Lipinski definition) is 3. The lowest BCUT2D eigenvalue weighted by Crippen LogP contribution is -2.28. The summed E-state index contributed by atoms with van der Waals surface area (Å²) in [6.45, 7) is 2.27. The molecule has 276 valence electrons. The van der Waals surface area contributed by atoms with E-state index in [2.05, 4.69) is 206 Å². The molecule has 2 atom stereocenters. The summed E-state index contributed by atoms with van der Waals surface area (Å²) in [5.74, 6) is 0.881. The van der Waals surface area contributed by atoms with E-state index in [9.17, 15) is 0 Å². The molecule has 3 nitrogen and oxygen atoms in total. The van der Waals surface area contributed by atoms with Crippen LogP contribution in [-0.4, -0.2) is 16.1 Å². The first-order valence-electron chi connectivity index (χ1n) is 20.1. The van der Waals surface area contributed by atoms with Crippen LogP contribution in [0.25, 0.3) is 69.9 Å². The molecular weight excluding hydrogens is 723 g/mol. The highest BCUT2D eigenvalue weighted by Gasteiger charge is 2.32. The Kier molecular flexibility index (Phi) is 8.45. The van der Waals surface area contributed by atoms with E-state index in [1.54, 1.807) is 0 Å². The Morgan fingerprint density at radius 2 is 1.14 bits per heavy atom. The summed E-state index contributed by atoms with van der Waals surface area (Å²) in [6, 6.07) is 70.2. The van der Waals surface area contributed by atoms with Crippen molar-refractivity contribution in [1.29, 1.82) is 0 Å². The van der Waals surface area contributed by atoms with Gasteiger partial charge in [-0.05, 0) is 59.0 Å². The topological polar surface area (TPSA) is 29.6 Å². The summed E-state index contributed by atoms with van der Waals surface area (Å²) in [5, 5.41) is 5.10. The molecule has 0 fully saturated rings. The molecule has 3 heterocycles. The summed E-state index contributed by atoms with van der Waals surface area (Å²) in [7, 11) is 0. The van der Waals surface area contributed by atoms with Crippen LogP contribution in [0.5, 0.6) is 0 Å². The lowest BCUT2D eigenvalue weighted by Gasteiger charge is -2.30. The smallest absolute Gasteiger partial charge is 0.155 e. The molecule has 4 heteroatoms. The zero-order chi connectivity index (χ0) is 38.6. The van der Waals surface area contributed by atoms with Crippen LogP contribution in [-0.2, 0) is 0 Å². The fourth-order valence-corrected chi connectivity index (χ4v) is 10.3. The molecule has 0 amide bonds. The fourth-order valence-electron chi connectivity index (χ4n) is 9.20. The number of benzene rings is 8. The molecule has 58 heavy (non-hydrogen) atoms. The predicted molar refractivity (Wildman–Crippen MR) is 247 cm³/mol. The molecule has 2 unspecified atom stereocenters. The van der Waals surface area contributed by atoms with Crippen molar-refractivity contribution < 1.29 is 0 Å². The molecule has 0 saturated heterocycles. The molecule has 1 aliphatic rings. The van der Waals surface area contributed by atoms with E-state index in [-0.39, 0.29) is 12.0 Å². The van der Waals surface area contributed by atoms with Crippen LogP contribution in [0.4, 0.5) is 0 Å². The van der Waals surface area contributed by atoms with E-state index in [0.717, 1.165) is 34.8 Å². The number of para-hydroxylation sites is 2. The molecule has 0 aliphatic carbocycles. The van der Waals surface area contributed by atoms with Crippen molar-refractivity contribution in [2.75, 3.05) is 0 Å². The van der Waals surface area contributed by atoms with E-state index in [1.807, 2.05) is 11.3 Å². The van der Waals surface area contributed by atoms with Crippen molar-refractivity contribution >= 4 is 64.9 Å². The van der Waals surface area contributed by atoms with Gasteiger partial charge in [0.25, 0.3) is 0 Å². The van der Waals surface area contributed by atoms with Crippen LogP contribution >= 0.6 is 11.3 Å². The molecule has 0 bridgehead atoms. The molecule has 10 aromatic rings. The van der Waals surface area contributed by atoms with E-state index in [1.165, 1.54) is 69.8 Å². The largest absolute Gasteiger partial charge is 0.308 e. The van der Waals surface area contributed by atoms with Gasteiger partial charge in [-0.2, -0.15) is 0 Å². The monoisotopic (exact) mass is 761 g/mol. The van der Waals surface area contributed by atoms with Gasteiger partial charge in [0.2, 0.25) is 0 Å². The molecule has 1 aliphatic heterocycles. The Bertz CT molecular complexity index is 3210. The van der Waals surface area contributed by atoms with E-state index >= 15 is 0 Å². The number of thiophene rings is 1. The lowest BCUT2D eigenvalue weighted by atomic mass is 9.82. The highest BCUT2D eigenvalue weighted by molar-refractivity contribution is 7.25. The third-order valence-electron chi connectivity index (χ3n) is 11.8. The zero-order valence-corrected chi connectivity index (χ0v) is 32.9. The second kappa shape index (κ2) is 14.3. The minimum Gasteiger partial charge on any atom is -0.308 e. The second-order valence-corrected chi connectivity index (χ2v) is 16.2. The summed E-state index contributed by atoms with van der Waals surface area (Å²) in [6.07, 6.45) is 0.908. The highest BCUT2D eigenvalue weighted by Crippen LogP contribution is 2.46. The fraction of sp³-hybridized carbons (Fsp3) is 0.0741. The molecular formula is C54H39N3S. The third-order valence-corrected chi connectivity index (χ3v) is 13.0. The summed E-state index contributed by atoms with van der Waals surface area (Å²) < 4.78 is 5.14. The van der Waals surface area contributed by atoms with Crippen molar-refractivity contribution in [3.63, 3.8) is 0 Å². The number of rotatable bonds is 7. The van der Waals surface area contributed by atoms with Gasteiger partial charge in [-0.3, -0.25) is 4.99 Å². The lowest BCUT2D eigenvalue weighted by molar-refractivity contribution is 0.532. The maximum atomic E-state index is 5.50. The van der Waals surface area contributed by atoms with Crippen molar-refractivity contribution in [3.8, 4) is 27.9 Å². The Morgan fingerprint density at radius 1 is 0.517 bits per heavy atom. The van der Waals surface area contributed by atoms with Gasteiger partial charge in [-0.15, -0.1) is 11.3 Å². The SMILES string of the molecule is CCC1C(c2ccccc2)=NC(c2ccccc2)=NC1c1ccc(-n2c3ccccc3c3cccc(-c4cccc5sc6ccccc6c45)c32)c(-c2ccccc2)c1. The van der Waals surface area contributed by atoms with Crippen LogP contribution < -0.4 is 0 Å². The van der Waals surface area contributed by atoms with Gasteiger partial charge in [0.05, 0.1) is 28.5 Å². The Morgan fingerprint density at radius 3 is 1.91 bits per heavy atom. The number of fused-ring (bicyclic) bond motifs is 6. The Labute approximate surface area is 341 Å². The maximum absolute atomic E-state index is 5.50. The molecule has 11 rings (SSSR count). The highest BCUT2D eigenvalue weighted by atomic mass is 32.1. The zero-order valence-electron chi connectivity index (χ0n) is 32.1. The minimum absolute atomic E-state index is 0.102. The minimum atomic E-state index is -0.123. The Hall–Kier alpha value is -6.88. The number of nitrogens with zero attached hydrogens (tertiary/aromatic N) is 3. The maximum Gasteiger partial charge on any atom is 0.155 e. The molecule has 0 radical (unpaired) electrons. The first kappa shape index (κ1) is 34.4. The van der Waals surface area contributed by atoms with Gasteiger partial charge in [-0.1, -0.05) is 171 Å². The first-order chi connectivity index (χ1) is 28.7.